The zero-order valence-electron chi connectivity index (χ0n) is 17.5. The molecule has 0 aromatic heterocycles. The van der Waals surface area contributed by atoms with Crippen molar-refractivity contribution < 1.29 is 20.1 Å². The molecule has 0 aliphatic rings. The van der Waals surface area contributed by atoms with Gasteiger partial charge in [0.2, 0.25) is 5.91 Å². The van der Waals surface area contributed by atoms with Crippen LogP contribution in [0.1, 0.15) is 116 Å². The summed E-state index contributed by atoms with van der Waals surface area (Å²) < 4.78 is 0. The lowest BCUT2D eigenvalue weighted by atomic mass is 10.0. The maximum absolute atomic E-state index is 11.6. The molecular weight excluding hydrogens is 342 g/mol. The Balaban J connectivity index is 3.09. The highest BCUT2D eigenvalue weighted by atomic mass is 16.5. The Hall–Kier alpha value is -0.650. The lowest BCUT2D eigenvalue weighted by molar-refractivity contribution is -0.121. The number of hydrogen-bond acceptors (Lipinski definition) is 4. The maximum Gasteiger partial charge on any atom is 0.219 e. The fraction of sp³-hybridized carbons (Fsp3) is 0.955. The first-order chi connectivity index (χ1) is 13.2. The number of rotatable bonds is 21. The second kappa shape index (κ2) is 21.6. The summed E-state index contributed by atoms with van der Waals surface area (Å²) in [5.41, 5.74) is 0. The van der Waals surface area contributed by atoms with Crippen LogP contribution in [-0.4, -0.2) is 40.7 Å². The van der Waals surface area contributed by atoms with E-state index >= 15 is 0 Å². The Morgan fingerprint density at radius 3 is 1.52 bits per heavy atom. The molecule has 5 nitrogen and oxygen atoms in total. The minimum atomic E-state index is -1.13. The van der Waals surface area contributed by atoms with Crippen LogP contribution in [0, 0.1) is 0 Å². The molecule has 0 aromatic rings. The SMILES string of the molecule is O=C(CCCCCCCCCCCCCCCCC(O)O)NCCCCO. The number of unbranched alkanes of at least 4 members (excludes halogenated alkanes) is 14. The van der Waals surface area contributed by atoms with E-state index in [2.05, 4.69) is 5.32 Å². The van der Waals surface area contributed by atoms with E-state index in [9.17, 15) is 4.79 Å². The van der Waals surface area contributed by atoms with Crippen LogP contribution in [-0.2, 0) is 4.79 Å². The molecule has 5 heteroatoms. The van der Waals surface area contributed by atoms with E-state index in [1.54, 1.807) is 0 Å². The first kappa shape index (κ1) is 26.4. The van der Waals surface area contributed by atoms with Gasteiger partial charge in [-0.2, -0.15) is 0 Å². The molecule has 0 radical (unpaired) electrons. The lowest BCUT2D eigenvalue weighted by Gasteiger charge is -2.05. The first-order valence-corrected chi connectivity index (χ1v) is 11.4. The van der Waals surface area contributed by atoms with Crippen molar-refractivity contribution in [2.75, 3.05) is 13.2 Å². The molecule has 0 rings (SSSR count). The zero-order chi connectivity index (χ0) is 20.0. The molecule has 0 unspecified atom stereocenters. The number of hydrogen-bond donors (Lipinski definition) is 4. The van der Waals surface area contributed by atoms with Crippen molar-refractivity contribution in [2.45, 2.75) is 122 Å². The summed E-state index contributed by atoms with van der Waals surface area (Å²) in [5, 5.41) is 29.1. The van der Waals surface area contributed by atoms with Gasteiger partial charge < -0.3 is 20.6 Å². The maximum atomic E-state index is 11.6. The molecule has 0 aliphatic heterocycles. The largest absolute Gasteiger partial charge is 0.396 e. The molecule has 27 heavy (non-hydrogen) atoms. The van der Waals surface area contributed by atoms with Crippen molar-refractivity contribution in [1.82, 2.24) is 5.32 Å². The van der Waals surface area contributed by atoms with Gasteiger partial charge in [-0.3, -0.25) is 4.79 Å². The van der Waals surface area contributed by atoms with E-state index < -0.39 is 6.29 Å². The van der Waals surface area contributed by atoms with Crippen LogP contribution in [0.4, 0.5) is 0 Å². The molecule has 162 valence electrons. The fourth-order valence-corrected chi connectivity index (χ4v) is 3.29. The van der Waals surface area contributed by atoms with Gasteiger partial charge in [0.15, 0.2) is 6.29 Å². The second-order valence-electron chi connectivity index (χ2n) is 7.75. The van der Waals surface area contributed by atoms with Gasteiger partial charge in [-0.05, 0) is 32.1 Å². The van der Waals surface area contributed by atoms with Gasteiger partial charge >= 0.3 is 0 Å². The molecule has 0 fully saturated rings. The normalized spacial score (nSPS) is 11.3. The minimum absolute atomic E-state index is 0.152. The minimum Gasteiger partial charge on any atom is -0.396 e. The molecule has 1 amide bonds. The number of nitrogens with one attached hydrogen (secondary N) is 1. The Kier molecular flexibility index (Phi) is 21.1. The molecule has 0 saturated heterocycles. The molecule has 0 aromatic carbocycles. The van der Waals surface area contributed by atoms with E-state index in [1.165, 1.54) is 64.2 Å². The van der Waals surface area contributed by atoms with Crippen LogP contribution in [0.3, 0.4) is 0 Å². The number of carbonyl (C=O) groups excluding carboxylic acids is 1. The molecule has 0 spiro atoms. The smallest absolute Gasteiger partial charge is 0.219 e. The fourth-order valence-electron chi connectivity index (χ4n) is 3.29. The third-order valence-electron chi connectivity index (χ3n) is 5.02. The van der Waals surface area contributed by atoms with Crippen molar-refractivity contribution in [3.05, 3.63) is 0 Å². The first-order valence-electron chi connectivity index (χ1n) is 11.4. The van der Waals surface area contributed by atoms with Crippen molar-refractivity contribution in [3.63, 3.8) is 0 Å². The number of amides is 1. The van der Waals surface area contributed by atoms with Crippen molar-refractivity contribution in [1.29, 1.82) is 0 Å². The van der Waals surface area contributed by atoms with Crippen LogP contribution in [0.2, 0.25) is 0 Å². The average molecular weight is 388 g/mol. The van der Waals surface area contributed by atoms with Gasteiger partial charge in [0.05, 0.1) is 0 Å². The third-order valence-corrected chi connectivity index (χ3v) is 5.02. The van der Waals surface area contributed by atoms with Crippen LogP contribution in [0.5, 0.6) is 0 Å². The highest BCUT2D eigenvalue weighted by molar-refractivity contribution is 5.75. The molecule has 4 N–H and O–H groups in total. The van der Waals surface area contributed by atoms with Crippen molar-refractivity contribution in [3.8, 4) is 0 Å². The zero-order valence-corrected chi connectivity index (χ0v) is 17.5. The van der Waals surface area contributed by atoms with E-state index in [0.717, 1.165) is 38.5 Å². The predicted octanol–water partition coefficient (Wildman–Crippen LogP) is 4.43. The monoisotopic (exact) mass is 387 g/mol. The van der Waals surface area contributed by atoms with Crippen molar-refractivity contribution in [2.24, 2.45) is 0 Å². The summed E-state index contributed by atoms with van der Waals surface area (Å²) in [6.07, 6.45) is 18.8. The Morgan fingerprint density at radius 1 is 0.630 bits per heavy atom. The molecule has 0 bridgehead atoms. The van der Waals surface area contributed by atoms with Gasteiger partial charge in [-0.15, -0.1) is 0 Å². The summed E-state index contributed by atoms with van der Waals surface area (Å²) in [5.74, 6) is 0.152. The van der Waals surface area contributed by atoms with E-state index in [4.69, 9.17) is 15.3 Å². The van der Waals surface area contributed by atoms with Gasteiger partial charge in [0.25, 0.3) is 0 Å². The quantitative estimate of drug-likeness (QED) is 0.173. The summed E-state index contributed by atoms with van der Waals surface area (Å²) in [6, 6.07) is 0. The molecular formula is C22H45NO4. The van der Waals surface area contributed by atoms with Gasteiger partial charge in [0, 0.05) is 19.6 Å². The van der Waals surface area contributed by atoms with Crippen LogP contribution in [0.25, 0.3) is 0 Å². The number of aliphatic hydroxyl groups is 3. The summed E-state index contributed by atoms with van der Waals surface area (Å²) in [7, 11) is 0. The summed E-state index contributed by atoms with van der Waals surface area (Å²) in [4.78, 5) is 11.6. The van der Waals surface area contributed by atoms with Crippen LogP contribution >= 0.6 is 0 Å². The number of aliphatic hydroxyl groups excluding tert-OH is 2. The van der Waals surface area contributed by atoms with Crippen LogP contribution in [0.15, 0.2) is 0 Å². The van der Waals surface area contributed by atoms with E-state index in [-0.39, 0.29) is 12.5 Å². The highest BCUT2D eigenvalue weighted by Crippen LogP contribution is 2.13. The second-order valence-corrected chi connectivity index (χ2v) is 7.75. The lowest BCUT2D eigenvalue weighted by Crippen LogP contribution is -2.24. The molecule has 0 aliphatic carbocycles. The summed E-state index contributed by atoms with van der Waals surface area (Å²) in [6.45, 7) is 0.891. The van der Waals surface area contributed by atoms with Gasteiger partial charge in [-0.1, -0.05) is 77.0 Å². The third kappa shape index (κ3) is 23.3. The standard InChI is InChI=1S/C22H45NO4/c24-20-16-15-19-23-21(25)17-13-11-9-7-5-3-1-2-4-6-8-10-12-14-18-22(26)27/h22,24,26-27H,1-20H2,(H,23,25). The molecule has 0 atom stereocenters. The van der Waals surface area contributed by atoms with Crippen LogP contribution < -0.4 is 5.32 Å². The molecule has 0 saturated carbocycles. The topological polar surface area (TPSA) is 89.8 Å². The van der Waals surface area contributed by atoms with E-state index in [0.29, 0.717) is 19.4 Å². The Bertz CT molecular complexity index is 311. The highest BCUT2D eigenvalue weighted by Gasteiger charge is 2.00. The van der Waals surface area contributed by atoms with Crippen molar-refractivity contribution >= 4 is 5.91 Å². The number of carbonyl (C=O) groups is 1. The Morgan fingerprint density at radius 2 is 1.07 bits per heavy atom. The van der Waals surface area contributed by atoms with Gasteiger partial charge in [0.1, 0.15) is 0 Å². The Labute approximate surface area is 166 Å². The predicted molar refractivity (Wildman–Crippen MR) is 111 cm³/mol. The summed E-state index contributed by atoms with van der Waals surface area (Å²) >= 11 is 0. The average Bonchev–Trinajstić information content (AvgIpc) is 2.64. The van der Waals surface area contributed by atoms with Gasteiger partial charge in [-0.25, -0.2) is 0 Å². The molecule has 0 heterocycles. The van der Waals surface area contributed by atoms with E-state index in [1.807, 2.05) is 0 Å².